The van der Waals surface area contributed by atoms with Gasteiger partial charge in [-0.3, -0.25) is 10.1 Å². The van der Waals surface area contributed by atoms with E-state index in [4.69, 9.17) is 9.63 Å². The van der Waals surface area contributed by atoms with Crippen LogP contribution in [0.5, 0.6) is 0 Å². The number of amides is 1. The topological polar surface area (TPSA) is 102 Å². The normalized spacial score (nSPS) is 11.3. The first-order valence-corrected chi connectivity index (χ1v) is 5.35. The van der Waals surface area contributed by atoms with Crippen molar-refractivity contribution in [1.29, 1.82) is 0 Å². The highest BCUT2D eigenvalue weighted by atomic mass is 16.5. The van der Waals surface area contributed by atoms with Crippen LogP contribution < -0.4 is 5.32 Å². The molecule has 0 atom stereocenters. The van der Waals surface area contributed by atoms with Crippen molar-refractivity contribution >= 4 is 17.8 Å². The summed E-state index contributed by atoms with van der Waals surface area (Å²) in [7, 11) is 0. The van der Waals surface area contributed by atoms with Gasteiger partial charge < -0.3 is 14.4 Å². The predicted octanol–water partition coefficient (Wildman–Crippen LogP) is 1.01. The quantitative estimate of drug-likeness (QED) is 0.815. The van der Waals surface area contributed by atoms with Gasteiger partial charge in [0.1, 0.15) is 13.2 Å². The van der Waals surface area contributed by atoms with E-state index in [0.717, 1.165) is 0 Å². The number of hydrogen-bond acceptors (Lipinski definition) is 5. The lowest BCUT2D eigenvalue weighted by atomic mass is 9.92. The summed E-state index contributed by atoms with van der Waals surface area (Å²) in [5, 5.41) is 14.6. The molecule has 0 saturated heterocycles. The minimum absolute atomic E-state index is 0.174. The van der Waals surface area contributed by atoms with Gasteiger partial charge in [-0.15, -0.1) is 0 Å². The van der Waals surface area contributed by atoms with Crippen LogP contribution in [0.1, 0.15) is 26.5 Å². The molecule has 18 heavy (non-hydrogen) atoms. The number of hydrogen-bond donors (Lipinski definition) is 2. The van der Waals surface area contributed by atoms with E-state index in [1.807, 2.05) is 20.8 Å². The molecule has 0 unspecified atom stereocenters. The third-order valence-corrected chi connectivity index (χ3v) is 2.00. The van der Waals surface area contributed by atoms with Gasteiger partial charge in [0.25, 0.3) is 5.91 Å². The van der Waals surface area contributed by atoms with Crippen molar-refractivity contribution < 1.29 is 24.0 Å². The van der Waals surface area contributed by atoms with Crippen LogP contribution in [0.25, 0.3) is 0 Å². The van der Waals surface area contributed by atoms with E-state index in [0.29, 0.717) is 5.69 Å². The zero-order valence-corrected chi connectivity index (χ0v) is 10.5. The van der Waals surface area contributed by atoms with Crippen LogP contribution in [0, 0.1) is 0 Å². The molecule has 1 aromatic heterocycles. The lowest BCUT2D eigenvalue weighted by Crippen LogP contribution is -2.20. The van der Waals surface area contributed by atoms with Gasteiger partial charge in [0.2, 0.25) is 5.88 Å². The zero-order valence-electron chi connectivity index (χ0n) is 10.5. The number of ether oxygens (including phenoxy) is 1. The molecule has 1 rings (SSSR count). The van der Waals surface area contributed by atoms with Crippen molar-refractivity contribution in [2.75, 3.05) is 18.5 Å². The monoisotopic (exact) mass is 256 g/mol. The molecule has 0 aliphatic carbocycles. The number of aliphatic carboxylic acids is 1. The number of aromatic nitrogens is 1. The largest absolute Gasteiger partial charge is 0.480 e. The highest BCUT2D eigenvalue weighted by Gasteiger charge is 2.19. The fourth-order valence-corrected chi connectivity index (χ4v) is 1.09. The van der Waals surface area contributed by atoms with E-state index >= 15 is 0 Å². The minimum atomic E-state index is -1.13. The Labute approximate surface area is 104 Å². The molecule has 0 fully saturated rings. The molecular weight excluding hydrogens is 240 g/mol. The lowest BCUT2D eigenvalue weighted by molar-refractivity contribution is -0.143. The second-order valence-electron chi connectivity index (χ2n) is 4.76. The summed E-state index contributed by atoms with van der Waals surface area (Å²) in [6.45, 7) is 5.03. The Hall–Kier alpha value is -1.89. The van der Waals surface area contributed by atoms with E-state index in [2.05, 4.69) is 15.2 Å². The molecule has 2 N–H and O–H groups in total. The first kappa shape index (κ1) is 14.2. The average Bonchev–Trinajstić information content (AvgIpc) is 2.64. The summed E-state index contributed by atoms with van der Waals surface area (Å²) in [6.07, 6.45) is 0. The first-order valence-electron chi connectivity index (χ1n) is 5.35. The molecule has 0 bridgehead atoms. The highest BCUT2D eigenvalue weighted by Crippen LogP contribution is 2.23. The van der Waals surface area contributed by atoms with Crippen LogP contribution >= 0.6 is 0 Å². The summed E-state index contributed by atoms with van der Waals surface area (Å²) < 4.78 is 9.56. The maximum Gasteiger partial charge on any atom is 0.329 e. The Balaban J connectivity index is 2.45. The average molecular weight is 256 g/mol. The first-order chi connectivity index (χ1) is 8.29. The third-order valence-electron chi connectivity index (χ3n) is 2.00. The van der Waals surface area contributed by atoms with Crippen LogP contribution in [0.4, 0.5) is 5.88 Å². The molecule has 0 aromatic carbocycles. The van der Waals surface area contributed by atoms with Crippen LogP contribution in [0.2, 0.25) is 0 Å². The molecule has 0 saturated carbocycles. The van der Waals surface area contributed by atoms with Gasteiger partial charge in [-0.05, 0) is 0 Å². The summed E-state index contributed by atoms with van der Waals surface area (Å²) in [6, 6.07) is 1.62. The summed E-state index contributed by atoms with van der Waals surface area (Å²) >= 11 is 0. The van der Waals surface area contributed by atoms with Gasteiger partial charge in [0.15, 0.2) is 0 Å². The van der Waals surface area contributed by atoms with Crippen LogP contribution in [-0.2, 0) is 19.7 Å². The molecule has 1 heterocycles. The lowest BCUT2D eigenvalue weighted by Gasteiger charge is -2.12. The van der Waals surface area contributed by atoms with E-state index in [9.17, 15) is 9.59 Å². The van der Waals surface area contributed by atoms with Crippen molar-refractivity contribution in [3.63, 3.8) is 0 Å². The SMILES string of the molecule is CC(C)(C)c1cc(NC(=O)COCC(=O)O)on1. The Morgan fingerprint density at radius 2 is 2.11 bits per heavy atom. The molecule has 1 aromatic rings. The smallest absolute Gasteiger partial charge is 0.329 e. The van der Waals surface area contributed by atoms with Crippen LogP contribution in [0.15, 0.2) is 10.6 Å². The van der Waals surface area contributed by atoms with Gasteiger partial charge in [0.05, 0.1) is 5.69 Å². The zero-order chi connectivity index (χ0) is 13.8. The third kappa shape index (κ3) is 4.54. The number of nitrogens with one attached hydrogen (secondary N) is 1. The number of carbonyl (C=O) groups is 2. The van der Waals surface area contributed by atoms with Gasteiger partial charge >= 0.3 is 5.97 Å². The maximum absolute atomic E-state index is 11.3. The van der Waals surface area contributed by atoms with E-state index < -0.39 is 18.5 Å². The standard InChI is InChI=1S/C11H16N2O5/c1-11(2,3)7-4-9(18-13-7)12-8(14)5-17-6-10(15)16/h4H,5-6H2,1-3H3,(H,12,14)(H,15,16). The molecule has 0 aliphatic heterocycles. The van der Waals surface area contributed by atoms with E-state index in [-0.39, 0.29) is 17.9 Å². The molecule has 0 aliphatic rings. The Kier molecular flexibility index (Phi) is 4.43. The number of carboxylic acids is 1. The van der Waals surface area contributed by atoms with E-state index in [1.165, 1.54) is 0 Å². The summed E-state index contributed by atoms with van der Waals surface area (Å²) in [5.74, 6) is -1.41. The maximum atomic E-state index is 11.3. The number of nitrogens with zero attached hydrogens (tertiary/aromatic N) is 1. The fraction of sp³-hybridized carbons (Fsp3) is 0.545. The minimum Gasteiger partial charge on any atom is -0.480 e. The van der Waals surface area contributed by atoms with Crippen molar-refractivity contribution in [2.24, 2.45) is 0 Å². The van der Waals surface area contributed by atoms with Crippen molar-refractivity contribution in [2.45, 2.75) is 26.2 Å². The summed E-state index contributed by atoms with van der Waals surface area (Å²) in [5.41, 5.74) is 0.538. The second kappa shape index (κ2) is 5.63. The number of carbonyl (C=O) groups excluding carboxylic acids is 1. The Morgan fingerprint density at radius 3 is 2.61 bits per heavy atom. The molecule has 7 nitrogen and oxygen atoms in total. The van der Waals surface area contributed by atoms with Gasteiger partial charge in [-0.25, -0.2) is 4.79 Å². The van der Waals surface area contributed by atoms with Gasteiger partial charge in [0, 0.05) is 11.5 Å². The van der Waals surface area contributed by atoms with Crippen molar-refractivity contribution in [3.8, 4) is 0 Å². The molecule has 0 spiro atoms. The molecular formula is C11H16N2O5. The molecule has 0 radical (unpaired) electrons. The van der Waals surface area contributed by atoms with Crippen molar-refractivity contribution in [3.05, 3.63) is 11.8 Å². The van der Waals surface area contributed by atoms with Gasteiger partial charge in [-0.2, -0.15) is 0 Å². The van der Waals surface area contributed by atoms with Crippen molar-refractivity contribution in [1.82, 2.24) is 5.16 Å². The molecule has 1 amide bonds. The molecule has 100 valence electrons. The predicted molar refractivity (Wildman–Crippen MR) is 62.3 cm³/mol. The fourth-order valence-electron chi connectivity index (χ4n) is 1.09. The van der Waals surface area contributed by atoms with Crippen LogP contribution in [-0.4, -0.2) is 35.4 Å². The summed E-state index contributed by atoms with van der Waals surface area (Å²) in [4.78, 5) is 21.5. The van der Waals surface area contributed by atoms with Gasteiger partial charge in [-0.1, -0.05) is 25.9 Å². The Bertz CT molecular complexity index is 433. The number of rotatable bonds is 5. The Morgan fingerprint density at radius 1 is 1.44 bits per heavy atom. The highest BCUT2D eigenvalue weighted by molar-refractivity contribution is 5.90. The second-order valence-corrected chi connectivity index (χ2v) is 4.76. The number of carboxylic acid groups (broad SMARTS) is 1. The van der Waals surface area contributed by atoms with E-state index in [1.54, 1.807) is 6.07 Å². The van der Waals surface area contributed by atoms with Crippen LogP contribution in [0.3, 0.4) is 0 Å². The number of anilines is 1. The molecule has 7 heteroatoms.